The molecule has 0 aromatic heterocycles. The summed E-state index contributed by atoms with van der Waals surface area (Å²) in [5, 5.41) is 8.97. The first-order valence-corrected chi connectivity index (χ1v) is 8.57. The molecule has 3 heteroatoms. The number of aliphatic hydroxyl groups excluding tert-OH is 1. The van der Waals surface area contributed by atoms with E-state index in [0.717, 1.165) is 18.1 Å². The van der Waals surface area contributed by atoms with Crippen molar-refractivity contribution in [3.05, 3.63) is 29.3 Å². The topological polar surface area (TPSA) is 38.7 Å². The van der Waals surface area contributed by atoms with E-state index in [2.05, 4.69) is 25.1 Å². The molecule has 3 nitrogen and oxygen atoms in total. The molecule has 0 radical (unpaired) electrons. The van der Waals surface area contributed by atoms with Gasteiger partial charge < -0.3 is 14.6 Å². The zero-order valence-electron chi connectivity index (χ0n) is 14.0. The Morgan fingerprint density at radius 2 is 1.91 bits per heavy atom. The van der Waals surface area contributed by atoms with Gasteiger partial charge >= 0.3 is 0 Å². The molecule has 0 heterocycles. The number of rotatable bonds is 8. The van der Waals surface area contributed by atoms with Crippen LogP contribution in [0.25, 0.3) is 0 Å². The molecule has 1 aliphatic carbocycles. The molecule has 0 atom stereocenters. The first-order chi connectivity index (χ1) is 10.7. The lowest BCUT2D eigenvalue weighted by molar-refractivity contribution is 0.145. The fraction of sp³-hybridized carbons (Fsp3) is 0.684. The summed E-state index contributed by atoms with van der Waals surface area (Å²) in [5.41, 5.74) is 2.61. The van der Waals surface area contributed by atoms with E-state index in [0.29, 0.717) is 25.7 Å². The van der Waals surface area contributed by atoms with Crippen molar-refractivity contribution < 1.29 is 14.6 Å². The van der Waals surface area contributed by atoms with Crippen LogP contribution in [0.5, 0.6) is 5.75 Å². The Balaban J connectivity index is 1.96. The quantitative estimate of drug-likeness (QED) is 0.736. The van der Waals surface area contributed by atoms with Gasteiger partial charge in [-0.3, -0.25) is 0 Å². The van der Waals surface area contributed by atoms with Gasteiger partial charge in [0.1, 0.15) is 12.4 Å². The second-order valence-electron chi connectivity index (χ2n) is 6.47. The van der Waals surface area contributed by atoms with Gasteiger partial charge in [-0.25, -0.2) is 0 Å². The number of ether oxygens (including phenoxy) is 2. The minimum absolute atomic E-state index is 0.329. The third-order valence-electron chi connectivity index (χ3n) is 4.77. The molecule has 22 heavy (non-hydrogen) atoms. The van der Waals surface area contributed by atoms with Crippen molar-refractivity contribution >= 4 is 0 Å². The molecular weight excluding hydrogens is 276 g/mol. The second-order valence-corrected chi connectivity index (χ2v) is 6.47. The number of hydrogen-bond donors (Lipinski definition) is 1. The Morgan fingerprint density at radius 1 is 1.14 bits per heavy atom. The van der Waals surface area contributed by atoms with Crippen molar-refractivity contribution in [3.8, 4) is 5.75 Å². The van der Waals surface area contributed by atoms with Crippen LogP contribution in [0.1, 0.15) is 55.6 Å². The van der Waals surface area contributed by atoms with Gasteiger partial charge in [0.15, 0.2) is 0 Å². The van der Waals surface area contributed by atoms with E-state index >= 15 is 0 Å². The molecule has 2 rings (SSSR count). The predicted octanol–water partition coefficient (Wildman–Crippen LogP) is 4.07. The zero-order chi connectivity index (χ0) is 15.8. The Hall–Kier alpha value is -1.06. The normalized spacial score (nSPS) is 21.8. The zero-order valence-corrected chi connectivity index (χ0v) is 14.0. The van der Waals surface area contributed by atoms with Crippen LogP contribution in [0, 0.1) is 12.8 Å². The van der Waals surface area contributed by atoms with Gasteiger partial charge in [-0.15, -0.1) is 0 Å². The Morgan fingerprint density at radius 3 is 2.59 bits per heavy atom. The second kappa shape index (κ2) is 9.16. The van der Waals surface area contributed by atoms with E-state index in [-0.39, 0.29) is 0 Å². The minimum atomic E-state index is 0.329. The third-order valence-corrected chi connectivity index (χ3v) is 4.77. The molecule has 0 aliphatic heterocycles. The number of aliphatic hydroxyl groups is 1. The van der Waals surface area contributed by atoms with Gasteiger partial charge in [0, 0.05) is 13.7 Å². The molecule has 1 fully saturated rings. The Kier molecular flexibility index (Phi) is 7.20. The van der Waals surface area contributed by atoms with Gasteiger partial charge in [-0.05, 0) is 74.5 Å². The van der Waals surface area contributed by atoms with E-state index in [1.165, 1.54) is 43.2 Å². The summed E-state index contributed by atoms with van der Waals surface area (Å²) in [6, 6.07) is 6.59. The van der Waals surface area contributed by atoms with E-state index in [1.807, 2.05) is 0 Å². The summed E-state index contributed by atoms with van der Waals surface area (Å²) >= 11 is 0. The molecule has 1 aromatic carbocycles. The summed E-state index contributed by atoms with van der Waals surface area (Å²) in [6.07, 6.45) is 7.14. The lowest BCUT2D eigenvalue weighted by Gasteiger charge is -2.30. The molecule has 124 valence electrons. The van der Waals surface area contributed by atoms with Crippen LogP contribution in [0.15, 0.2) is 18.2 Å². The highest BCUT2D eigenvalue weighted by Crippen LogP contribution is 2.41. The molecule has 1 aliphatic rings. The first kappa shape index (κ1) is 17.3. The van der Waals surface area contributed by atoms with Gasteiger partial charge in [0.25, 0.3) is 0 Å². The average molecular weight is 306 g/mol. The highest BCUT2D eigenvalue weighted by molar-refractivity contribution is 5.39. The summed E-state index contributed by atoms with van der Waals surface area (Å²) in [6.45, 7) is 3.67. The number of methoxy groups -OCH3 is 1. The fourth-order valence-electron chi connectivity index (χ4n) is 3.48. The van der Waals surface area contributed by atoms with Crippen LogP contribution in [-0.4, -0.2) is 32.0 Å². The lowest BCUT2D eigenvalue weighted by atomic mass is 9.77. The number of hydrogen-bond acceptors (Lipinski definition) is 3. The van der Waals surface area contributed by atoms with Crippen molar-refractivity contribution in [2.75, 3.05) is 26.9 Å². The maximum atomic E-state index is 8.97. The van der Waals surface area contributed by atoms with Crippen molar-refractivity contribution in [2.24, 2.45) is 5.92 Å². The highest BCUT2D eigenvalue weighted by atomic mass is 16.5. The molecular formula is C19H30O3. The molecule has 1 aromatic rings. The van der Waals surface area contributed by atoms with Crippen LogP contribution < -0.4 is 4.74 Å². The standard InChI is InChI=1S/C19H30O3/c1-15-5-10-18(19(14-15)22-13-12-21-2)17-8-6-16(7-9-17)4-3-11-20/h5,10,14,16-17,20H,3-4,6-9,11-13H2,1-2H3. The number of aryl methyl sites for hydroxylation is 1. The van der Waals surface area contributed by atoms with Crippen molar-refractivity contribution in [2.45, 2.75) is 51.4 Å². The van der Waals surface area contributed by atoms with E-state index < -0.39 is 0 Å². The molecule has 1 saturated carbocycles. The van der Waals surface area contributed by atoms with E-state index in [4.69, 9.17) is 14.6 Å². The Bertz CT molecular complexity index is 436. The number of benzene rings is 1. The molecule has 0 unspecified atom stereocenters. The predicted molar refractivity (Wildman–Crippen MR) is 89.6 cm³/mol. The first-order valence-electron chi connectivity index (χ1n) is 8.57. The van der Waals surface area contributed by atoms with Gasteiger partial charge in [-0.1, -0.05) is 12.1 Å². The average Bonchev–Trinajstić information content (AvgIpc) is 2.54. The summed E-state index contributed by atoms with van der Waals surface area (Å²) in [4.78, 5) is 0. The van der Waals surface area contributed by atoms with Gasteiger partial charge in [0.2, 0.25) is 0 Å². The van der Waals surface area contributed by atoms with Crippen LogP contribution in [0.2, 0.25) is 0 Å². The summed E-state index contributed by atoms with van der Waals surface area (Å²) in [5.74, 6) is 2.45. The van der Waals surface area contributed by atoms with Crippen molar-refractivity contribution in [1.82, 2.24) is 0 Å². The van der Waals surface area contributed by atoms with Gasteiger partial charge in [0.05, 0.1) is 6.61 Å². The highest BCUT2D eigenvalue weighted by Gasteiger charge is 2.24. The molecule has 0 amide bonds. The van der Waals surface area contributed by atoms with Crippen LogP contribution in [-0.2, 0) is 4.74 Å². The largest absolute Gasteiger partial charge is 0.491 e. The fourth-order valence-corrected chi connectivity index (χ4v) is 3.48. The van der Waals surface area contributed by atoms with E-state index in [1.54, 1.807) is 7.11 Å². The van der Waals surface area contributed by atoms with Crippen LogP contribution in [0.4, 0.5) is 0 Å². The maximum Gasteiger partial charge on any atom is 0.123 e. The van der Waals surface area contributed by atoms with Crippen LogP contribution in [0.3, 0.4) is 0 Å². The van der Waals surface area contributed by atoms with Crippen molar-refractivity contribution in [1.29, 1.82) is 0 Å². The smallest absolute Gasteiger partial charge is 0.123 e. The summed E-state index contributed by atoms with van der Waals surface area (Å²) < 4.78 is 11.0. The molecule has 1 N–H and O–H groups in total. The minimum Gasteiger partial charge on any atom is -0.491 e. The summed E-state index contributed by atoms with van der Waals surface area (Å²) in [7, 11) is 1.70. The van der Waals surface area contributed by atoms with Crippen LogP contribution >= 0.6 is 0 Å². The van der Waals surface area contributed by atoms with Crippen molar-refractivity contribution in [3.63, 3.8) is 0 Å². The SMILES string of the molecule is COCCOc1cc(C)ccc1C1CCC(CCCO)CC1. The monoisotopic (exact) mass is 306 g/mol. The Labute approximate surface area is 134 Å². The maximum absolute atomic E-state index is 8.97. The van der Waals surface area contributed by atoms with E-state index in [9.17, 15) is 0 Å². The third kappa shape index (κ3) is 4.99. The van der Waals surface area contributed by atoms with Gasteiger partial charge in [-0.2, -0.15) is 0 Å². The molecule has 0 spiro atoms. The molecule has 0 saturated heterocycles. The lowest BCUT2D eigenvalue weighted by Crippen LogP contribution is -2.15. The molecule has 0 bridgehead atoms.